The van der Waals surface area contributed by atoms with Crippen LogP contribution in [0.4, 0.5) is 0 Å². The Morgan fingerprint density at radius 3 is 2.67 bits per heavy atom. The van der Waals surface area contributed by atoms with Crippen LogP contribution in [0.1, 0.15) is 25.5 Å². The van der Waals surface area contributed by atoms with Gasteiger partial charge in [0.05, 0.1) is 5.57 Å². The van der Waals surface area contributed by atoms with Crippen LogP contribution in [0.15, 0.2) is 64.3 Å². The quantitative estimate of drug-likeness (QED) is 0.608. The van der Waals surface area contributed by atoms with Crippen molar-refractivity contribution < 1.29 is 13.9 Å². The van der Waals surface area contributed by atoms with E-state index in [1.54, 1.807) is 12.2 Å². The summed E-state index contributed by atoms with van der Waals surface area (Å²) in [6.45, 7) is 2.05. The molecule has 3 rings (SSSR count). The number of hydrogen-bond donors (Lipinski definition) is 0. The Balaban J connectivity index is 1.84. The fourth-order valence-electron chi connectivity index (χ4n) is 2.25. The van der Waals surface area contributed by atoms with E-state index in [-0.39, 0.29) is 5.97 Å². The predicted octanol–water partition coefficient (Wildman–Crippen LogP) is 4.57. The minimum absolute atomic E-state index is 0.309. The normalized spacial score (nSPS) is 16.1. The lowest BCUT2D eigenvalue weighted by atomic mass is 10.2. The summed E-state index contributed by atoms with van der Waals surface area (Å²) in [6.07, 6.45) is 5.23. The second-order valence-electron chi connectivity index (χ2n) is 4.92. The number of hydrogen-bond acceptors (Lipinski definition) is 3. The van der Waals surface area contributed by atoms with E-state index in [2.05, 4.69) is 6.92 Å². The summed E-state index contributed by atoms with van der Waals surface area (Å²) in [5.41, 5.74) is 1.55. The van der Waals surface area contributed by atoms with Crippen LogP contribution >= 0.6 is 0 Å². The summed E-state index contributed by atoms with van der Waals surface area (Å²) < 4.78 is 11.0. The molecule has 0 radical (unpaired) electrons. The van der Waals surface area contributed by atoms with Crippen molar-refractivity contribution in [2.75, 3.05) is 0 Å². The molecular weight excluding hydrogens is 264 g/mol. The van der Waals surface area contributed by atoms with Crippen LogP contribution in [-0.2, 0) is 9.53 Å². The summed E-state index contributed by atoms with van der Waals surface area (Å²) in [6, 6.07) is 13.6. The standard InChI is InChI=1S/C18H16O3/c1-2-6-15-11-14(18(19)21-15)12-16-9-10-17(20-16)13-7-4-3-5-8-13/h3-5,7-12H,2,6H2,1H3/b14-12-. The van der Waals surface area contributed by atoms with Gasteiger partial charge in [-0.15, -0.1) is 0 Å². The molecule has 0 spiro atoms. The summed E-state index contributed by atoms with van der Waals surface area (Å²) >= 11 is 0. The van der Waals surface area contributed by atoms with Gasteiger partial charge in [0.25, 0.3) is 0 Å². The van der Waals surface area contributed by atoms with Crippen molar-refractivity contribution in [3.05, 3.63) is 65.6 Å². The van der Waals surface area contributed by atoms with Crippen molar-refractivity contribution in [1.82, 2.24) is 0 Å². The van der Waals surface area contributed by atoms with E-state index >= 15 is 0 Å². The SMILES string of the molecule is CCCC1=C/C(=C/c2ccc(-c3ccccc3)o2)C(=O)O1. The predicted molar refractivity (Wildman–Crippen MR) is 81.2 cm³/mol. The Labute approximate surface area is 123 Å². The molecule has 0 amide bonds. The molecule has 2 aromatic rings. The van der Waals surface area contributed by atoms with Crippen molar-refractivity contribution in [2.24, 2.45) is 0 Å². The molecule has 106 valence electrons. The van der Waals surface area contributed by atoms with E-state index in [9.17, 15) is 4.79 Å². The fourth-order valence-corrected chi connectivity index (χ4v) is 2.25. The molecule has 3 nitrogen and oxygen atoms in total. The maximum Gasteiger partial charge on any atom is 0.343 e. The maximum absolute atomic E-state index is 11.8. The largest absolute Gasteiger partial charge is 0.457 e. The minimum Gasteiger partial charge on any atom is -0.457 e. The molecule has 0 unspecified atom stereocenters. The molecular formula is C18H16O3. The van der Waals surface area contributed by atoms with Gasteiger partial charge in [0.1, 0.15) is 17.3 Å². The first-order valence-electron chi connectivity index (χ1n) is 7.06. The Bertz CT molecular complexity index is 705. The van der Waals surface area contributed by atoms with Crippen molar-refractivity contribution in [3.63, 3.8) is 0 Å². The van der Waals surface area contributed by atoms with E-state index < -0.39 is 0 Å². The average molecular weight is 280 g/mol. The van der Waals surface area contributed by atoms with E-state index in [0.29, 0.717) is 11.3 Å². The second kappa shape index (κ2) is 5.83. The third-order valence-electron chi connectivity index (χ3n) is 3.26. The third kappa shape index (κ3) is 2.97. The fraction of sp³-hybridized carbons (Fsp3) is 0.167. The number of cyclic esters (lactones) is 1. The molecule has 0 aliphatic carbocycles. The molecule has 0 fully saturated rings. The van der Waals surface area contributed by atoms with Gasteiger partial charge in [0.2, 0.25) is 0 Å². The number of esters is 1. The van der Waals surface area contributed by atoms with Crippen molar-refractivity contribution in [3.8, 4) is 11.3 Å². The van der Waals surface area contributed by atoms with Crippen LogP contribution < -0.4 is 0 Å². The molecule has 1 aromatic heterocycles. The highest BCUT2D eigenvalue weighted by Gasteiger charge is 2.20. The number of ether oxygens (including phenoxy) is 1. The van der Waals surface area contributed by atoms with E-state index in [0.717, 1.165) is 29.9 Å². The molecule has 0 atom stereocenters. The molecule has 1 aromatic carbocycles. The molecule has 0 N–H and O–H groups in total. The highest BCUT2D eigenvalue weighted by atomic mass is 16.5. The molecule has 0 bridgehead atoms. The lowest BCUT2D eigenvalue weighted by Gasteiger charge is -1.96. The van der Waals surface area contributed by atoms with Crippen molar-refractivity contribution in [1.29, 1.82) is 0 Å². The van der Waals surface area contributed by atoms with Crippen LogP contribution in [0.5, 0.6) is 0 Å². The number of furan rings is 1. The molecule has 3 heteroatoms. The molecule has 2 heterocycles. The number of benzene rings is 1. The molecule has 1 aliphatic rings. The minimum atomic E-state index is -0.309. The highest BCUT2D eigenvalue weighted by molar-refractivity contribution is 5.99. The maximum atomic E-state index is 11.8. The van der Waals surface area contributed by atoms with Crippen LogP contribution in [0.25, 0.3) is 17.4 Å². The van der Waals surface area contributed by atoms with Gasteiger partial charge in [-0.1, -0.05) is 37.3 Å². The smallest absolute Gasteiger partial charge is 0.343 e. The Kier molecular flexibility index (Phi) is 3.73. The van der Waals surface area contributed by atoms with Gasteiger partial charge in [0, 0.05) is 12.0 Å². The van der Waals surface area contributed by atoms with Crippen LogP contribution in [0, 0.1) is 0 Å². The summed E-state index contributed by atoms with van der Waals surface area (Å²) in [4.78, 5) is 11.8. The van der Waals surface area contributed by atoms with Crippen molar-refractivity contribution >= 4 is 12.0 Å². The zero-order valence-corrected chi connectivity index (χ0v) is 11.8. The van der Waals surface area contributed by atoms with Gasteiger partial charge < -0.3 is 9.15 Å². The second-order valence-corrected chi connectivity index (χ2v) is 4.92. The first kappa shape index (κ1) is 13.4. The Morgan fingerprint density at radius 1 is 1.10 bits per heavy atom. The number of carbonyl (C=O) groups excluding carboxylic acids is 1. The Hall–Kier alpha value is -2.55. The van der Waals surface area contributed by atoms with Gasteiger partial charge in [-0.2, -0.15) is 0 Å². The summed E-state index contributed by atoms with van der Waals surface area (Å²) in [7, 11) is 0. The van der Waals surface area contributed by atoms with Gasteiger partial charge >= 0.3 is 5.97 Å². The van der Waals surface area contributed by atoms with Gasteiger partial charge in [0.15, 0.2) is 0 Å². The molecule has 0 saturated heterocycles. The first-order chi connectivity index (χ1) is 10.3. The van der Waals surface area contributed by atoms with Gasteiger partial charge in [-0.25, -0.2) is 4.79 Å². The lowest BCUT2D eigenvalue weighted by Crippen LogP contribution is -1.96. The summed E-state index contributed by atoms with van der Waals surface area (Å²) in [5.74, 6) is 1.85. The van der Waals surface area contributed by atoms with Gasteiger partial charge in [-0.3, -0.25) is 0 Å². The zero-order chi connectivity index (χ0) is 14.7. The molecule has 1 aliphatic heterocycles. The number of carbonyl (C=O) groups is 1. The number of rotatable bonds is 4. The summed E-state index contributed by atoms with van der Waals surface area (Å²) in [5, 5.41) is 0. The van der Waals surface area contributed by atoms with Crippen molar-refractivity contribution in [2.45, 2.75) is 19.8 Å². The topological polar surface area (TPSA) is 39.4 Å². The Morgan fingerprint density at radius 2 is 1.90 bits per heavy atom. The molecule has 21 heavy (non-hydrogen) atoms. The van der Waals surface area contributed by atoms with Gasteiger partial charge in [-0.05, 0) is 30.7 Å². The van der Waals surface area contributed by atoms with E-state index in [1.165, 1.54) is 0 Å². The highest BCUT2D eigenvalue weighted by Crippen LogP contribution is 2.26. The zero-order valence-electron chi connectivity index (χ0n) is 11.8. The van der Waals surface area contributed by atoms with E-state index in [4.69, 9.17) is 9.15 Å². The lowest BCUT2D eigenvalue weighted by molar-refractivity contribution is -0.133. The monoisotopic (exact) mass is 280 g/mol. The number of allylic oxidation sites excluding steroid dienone is 1. The first-order valence-corrected chi connectivity index (χ1v) is 7.06. The van der Waals surface area contributed by atoms with E-state index in [1.807, 2.05) is 42.5 Å². The average Bonchev–Trinajstić information content (AvgIpc) is 3.09. The molecule has 0 saturated carbocycles. The van der Waals surface area contributed by atoms with Crippen LogP contribution in [0.3, 0.4) is 0 Å². The third-order valence-corrected chi connectivity index (χ3v) is 3.26. The van der Waals surface area contributed by atoms with Crippen LogP contribution in [0.2, 0.25) is 0 Å². The van der Waals surface area contributed by atoms with Crippen LogP contribution in [-0.4, -0.2) is 5.97 Å².